The molecule has 7 heteroatoms. The number of hydrogen-bond acceptors (Lipinski definition) is 3. The fraction of sp³-hybridized carbons (Fsp3) is 0.286. The van der Waals surface area contributed by atoms with E-state index < -0.39 is 17.5 Å². The van der Waals surface area contributed by atoms with Crippen LogP contribution in [0.15, 0.2) is 12.1 Å². The molecule has 0 fully saturated rings. The van der Waals surface area contributed by atoms with Gasteiger partial charge in [-0.1, -0.05) is 11.6 Å². The maximum absolute atomic E-state index is 13.6. The summed E-state index contributed by atoms with van der Waals surface area (Å²) in [6, 6.07) is 1.19. The maximum Gasteiger partial charge on any atom is 0.228 e. The van der Waals surface area contributed by atoms with Gasteiger partial charge in [0.25, 0.3) is 0 Å². The van der Waals surface area contributed by atoms with Crippen molar-refractivity contribution in [2.75, 3.05) is 5.32 Å². The summed E-state index contributed by atoms with van der Waals surface area (Å²) in [7, 11) is 0. The first-order valence-corrected chi connectivity index (χ1v) is 6.89. The Labute approximate surface area is 124 Å². The molecule has 0 saturated carbocycles. The van der Waals surface area contributed by atoms with E-state index in [0.29, 0.717) is 11.2 Å². The van der Waals surface area contributed by atoms with Crippen molar-refractivity contribution in [1.82, 2.24) is 9.97 Å². The SMILES string of the molecule is Fc1cc(F)c(Nc2nc(Cl)c3c(n2)CCCC3)cc1F. The third kappa shape index (κ3) is 2.81. The number of aromatic nitrogens is 2. The first-order chi connectivity index (χ1) is 10.0. The van der Waals surface area contributed by atoms with Gasteiger partial charge < -0.3 is 5.32 Å². The van der Waals surface area contributed by atoms with Crippen LogP contribution < -0.4 is 5.32 Å². The highest BCUT2D eigenvalue weighted by Crippen LogP contribution is 2.28. The quantitative estimate of drug-likeness (QED) is 0.668. The fourth-order valence-electron chi connectivity index (χ4n) is 2.34. The van der Waals surface area contributed by atoms with E-state index in [-0.39, 0.29) is 11.6 Å². The molecule has 21 heavy (non-hydrogen) atoms. The van der Waals surface area contributed by atoms with Crippen LogP contribution in [0.2, 0.25) is 5.15 Å². The van der Waals surface area contributed by atoms with Crippen molar-refractivity contribution in [3.05, 3.63) is 46.0 Å². The topological polar surface area (TPSA) is 37.8 Å². The summed E-state index contributed by atoms with van der Waals surface area (Å²) >= 11 is 6.09. The summed E-state index contributed by atoms with van der Waals surface area (Å²) in [5.74, 6) is -3.25. The summed E-state index contributed by atoms with van der Waals surface area (Å²) in [4.78, 5) is 8.31. The average Bonchev–Trinajstić information content (AvgIpc) is 2.45. The third-order valence-electron chi connectivity index (χ3n) is 3.39. The Kier molecular flexibility index (Phi) is 3.71. The van der Waals surface area contributed by atoms with Gasteiger partial charge in [0.2, 0.25) is 5.95 Å². The van der Waals surface area contributed by atoms with Crippen LogP contribution in [0.4, 0.5) is 24.8 Å². The molecule has 1 aliphatic rings. The van der Waals surface area contributed by atoms with Gasteiger partial charge in [-0.2, -0.15) is 0 Å². The molecule has 1 aromatic carbocycles. The summed E-state index contributed by atoms with van der Waals surface area (Å²) < 4.78 is 39.7. The second-order valence-corrected chi connectivity index (χ2v) is 5.20. The summed E-state index contributed by atoms with van der Waals surface area (Å²) in [6.07, 6.45) is 3.61. The van der Waals surface area contributed by atoms with Crippen molar-refractivity contribution in [2.45, 2.75) is 25.7 Å². The zero-order valence-electron chi connectivity index (χ0n) is 10.9. The molecule has 0 saturated heterocycles. The Bertz CT molecular complexity index is 706. The molecule has 1 heterocycles. The van der Waals surface area contributed by atoms with Gasteiger partial charge in [0.1, 0.15) is 11.0 Å². The zero-order valence-corrected chi connectivity index (χ0v) is 11.6. The highest BCUT2D eigenvalue weighted by molar-refractivity contribution is 6.30. The number of fused-ring (bicyclic) bond motifs is 1. The van der Waals surface area contributed by atoms with E-state index in [0.717, 1.165) is 43.0 Å². The van der Waals surface area contributed by atoms with Crippen molar-refractivity contribution < 1.29 is 13.2 Å². The minimum absolute atomic E-state index is 0.0746. The number of rotatable bonds is 2. The average molecular weight is 314 g/mol. The predicted octanol–water partition coefficient (Wildman–Crippen LogP) is 4.17. The highest BCUT2D eigenvalue weighted by atomic mass is 35.5. The molecule has 2 aromatic rings. The molecule has 0 aliphatic heterocycles. The van der Waals surface area contributed by atoms with Gasteiger partial charge in [0.05, 0.1) is 11.4 Å². The molecular formula is C14H11ClF3N3. The standard InChI is InChI=1S/C14H11ClF3N3/c15-13-7-3-1-2-4-11(7)19-14(21-13)20-12-6-9(17)8(16)5-10(12)18/h5-6H,1-4H2,(H,19,20,21). The van der Waals surface area contributed by atoms with E-state index in [9.17, 15) is 13.2 Å². The molecule has 0 spiro atoms. The first kappa shape index (κ1) is 14.1. The molecule has 0 bridgehead atoms. The molecular weight excluding hydrogens is 303 g/mol. The van der Waals surface area contributed by atoms with Gasteiger partial charge in [-0.3, -0.25) is 0 Å². The van der Waals surface area contributed by atoms with E-state index in [1.54, 1.807) is 0 Å². The number of halogens is 4. The van der Waals surface area contributed by atoms with Gasteiger partial charge in [0.15, 0.2) is 11.6 Å². The number of anilines is 2. The van der Waals surface area contributed by atoms with E-state index in [2.05, 4.69) is 15.3 Å². The van der Waals surface area contributed by atoms with Gasteiger partial charge >= 0.3 is 0 Å². The molecule has 0 atom stereocenters. The molecule has 0 amide bonds. The van der Waals surface area contributed by atoms with E-state index in [1.165, 1.54) is 0 Å². The monoisotopic (exact) mass is 313 g/mol. The lowest BCUT2D eigenvalue weighted by Crippen LogP contribution is -2.10. The van der Waals surface area contributed by atoms with Crippen molar-refractivity contribution in [3.8, 4) is 0 Å². The minimum Gasteiger partial charge on any atom is -0.322 e. The Hall–Kier alpha value is -1.82. The van der Waals surface area contributed by atoms with Crippen LogP contribution in [0.5, 0.6) is 0 Å². The Balaban J connectivity index is 1.95. The van der Waals surface area contributed by atoms with Crippen molar-refractivity contribution >= 4 is 23.2 Å². The number of benzene rings is 1. The van der Waals surface area contributed by atoms with Crippen LogP contribution in [0.3, 0.4) is 0 Å². The Morgan fingerprint density at radius 3 is 2.48 bits per heavy atom. The molecule has 1 N–H and O–H groups in total. The largest absolute Gasteiger partial charge is 0.322 e. The lowest BCUT2D eigenvalue weighted by atomic mass is 9.97. The van der Waals surface area contributed by atoms with Crippen LogP contribution in [0.25, 0.3) is 0 Å². The van der Waals surface area contributed by atoms with E-state index in [4.69, 9.17) is 11.6 Å². The molecule has 0 radical (unpaired) electrons. The van der Waals surface area contributed by atoms with Gasteiger partial charge in [0, 0.05) is 17.7 Å². The molecule has 3 nitrogen and oxygen atoms in total. The van der Waals surface area contributed by atoms with Crippen LogP contribution in [0, 0.1) is 17.5 Å². The minimum atomic E-state index is -1.25. The number of hydrogen-bond donors (Lipinski definition) is 1. The number of nitrogens with zero attached hydrogens (tertiary/aromatic N) is 2. The van der Waals surface area contributed by atoms with Gasteiger partial charge in [-0.05, 0) is 25.7 Å². The molecule has 3 rings (SSSR count). The van der Waals surface area contributed by atoms with Crippen LogP contribution in [0.1, 0.15) is 24.1 Å². The van der Waals surface area contributed by atoms with Crippen molar-refractivity contribution in [1.29, 1.82) is 0 Å². The molecule has 1 aromatic heterocycles. The third-order valence-corrected chi connectivity index (χ3v) is 3.70. The highest BCUT2D eigenvalue weighted by Gasteiger charge is 2.18. The normalized spacial score (nSPS) is 13.9. The Morgan fingerprint density at radius 1 is 0.952 bits per heavy atom. The van der Waals surface area contributed by atoms with Crippen LogP contribution >= 0.6 is 11.6 Å². The van der Waals surface area contributed by atoms with Gasteiger partial charge in [-0.25, -0.2) is 23.1 Å². The smallest absolute Gasteiger partial charge is 0.228 e. The second-order valence-electron chi connectivity index (χ2n) is 4.84. The van der Waals surface area contributed by atoms with Crippen molar-refractivity contribution in [2.24, 2.45) is 0 Å². The predicted molar refractivity (Wildman–Crippen MR) is 73.3 cm³/mol. The maximum atomic E-state index is 13.6. The molecule has 110 valence electrons. The second kappa shape index (κ2) is 5.52. The molecule has 1 aliphatic carbocycles. The fourth-order valence-corrected chi connectivity index (χ4v) is 2.63. The van der Waals surface area contributed by atoms with Crippen LogP contribution in [-0.2, 0) is 12.8 Å². The van der Waals surface area contributed by atoms with Crippen molar-refractivity contribution in [3.63, 3.8) is 0 Å². The number of aryl methyl sites for hydroxylation is 1. The Morgan fingerprint density at radius 2 is 1.67 bits per heavy atom. The first-order valence-electron chi connectivity index (χ1n) is 6.51. The zero-order chi connectivity index (χ0) is 15.0. The number of nitrogens with one attached hydrogen (secondary N) is 1. The van der Waals surface area contributed by atoms with E-state index in [1.807, 2.05) is 0 Å². The van der Waals surface area contributed by atoms with Crippen LogP contribution in [-0.4, -0.2) is 9.97 Å². The lowest BCUT2D eigenvalue weighted by Gasteiger charge is -2.17. The lowest BCUT2D eigenvalue weighted by molar-refractivity contribution is 0.496. The summed E-state index contributed by atoms with van der Waals surface area (Å²) in [5.41, 5.74) is 1.48. The van der Waals surface area contributed by atoms with Gasteiger partial charge in [-0.15, -0.1) is 0 Å². The summed E-state index contributed by atoms with van der Waals surface area (Å²) in [5, 5.41) is 2.85. The van der Waals surface area contributed by atoms with E-state index >= 15 is 0 Å². The summed E-state index contributed by atoms with van der Waals surface area (Å²) in [6.45, 7) is 0. The molecule has 0 unspecified atom stereocenters.